The van der Waals surface area contributed by atoms with Gasteiger partial charge in [0.2, 0.25) is 0 Å². The maximum absolute atomic E-state index is 11.2. The number of phenols is 1. The molecule has 5 nitrogen and oxygen atoms in total. The highest BCUT2D eigenvalue weighted by Crippen LogP contribution is 2.27. The van der Waals surface area contributed by atoms with E-state index >= 15 is 0 Å². The molecule has 0 fully saturated rings. The molecule has 5 heteroatoms. The van der Waals surface area contributed by atoms with Gasteiger partial charge in [-0.15, -0.1) is 0 Å². The van der Waals surface area contributed by atoms with Gasteiger partial charge in [0.05, 0.1) is 19.8 Å². The molecule has 1 aromatic carbocycles. The van der Waals surface area contributed by atoms with Crippen molar-refractivity contribution in [1.29, 1.82) is 5.26 Å². The molecule has 78 valence electrons. The first-order chi connectivity index (χ1) is 7.13. The lowest BCUT2D eigenvalue weighted by Gasteiger charge is -2.07. The molecular weight excluding hydrogens is 198 g/mol. The number of nitriles is 1. The van der Waals surface area contributed by atoms with Crippen molar-refractivity contribution < 1.29 is 19.4 Å². The average Bonchev–Trinajstić information content (AvgIpc) is 2.27. The number of benzene rings is 1. The van der Waals surface area contributed by atoms with Crippen molar-refractivity contribution in [2.24, 2.45) is 0 Å². The molecule has 0 amide bonds. The summed E-state index contributed by atoms with van der Waals surface area (Å²) in [5, 5.41) is 18.1. The van der Waals surface area contributed by atoms with Crippen molar-refractivity contribution in [3.63, 3.8) is 0 Å². The van der Waals surface area contributed by atoms with Crippen LogP contribution in [-0.4, -0.2) is 25.3 Å². The molecule has 0 atom stereocenters. The third-order valence-electron chi connectivity index (χ3n) is 1.84. The van der Waals surface area contributed by atoms with Crippen LogP contribution in [0.15, 0.2) is 12.1 Å². The van der Waals surface area contributed by atoms with Gasteiger partial charge in [0.15, 0.2) is 0 Å². The fraction of sp³-hybridized carbons (Fsp3) is 0.200. The SMILES string of the molecule is COC(=O)c1cc(OC)c(C#N)cc1O. The summed E-state index contributed by atoms with van der Waals surface area (Å²) < 4.78 is 9.34. The molecule has 0 aliphatic carbocycles. The number of rotatable bonds is 2. The zero-order valence-corrected chi connectivity index (χ0v) is 8.27. The maximum atomic E-state index is 11.2. The van der Waals surface area contributed by atoms with Crippen molar-refractivity contribution in [2.45, 2.75) is 0 Å². The van der Waals surface area contributed by atoms with Crippen LogP contribution in [0.5, 0.6) is 11.5 Å². The minimum Gasteiger partial charge on any atom is -0.507 e. The summed E-state index contributed by atoms with van der Waals surface area (Å²) in [5.41, 5.74) is 0.121. The molecule has 0 aromatic heterocycles. The Morgan fingerprint density at radius 2 is 2.13 bits per heavy atom. The lowest BCUT2D eigenvalue weighted by Crippen LogP contribution is -2.03. The molecule has 15 heavy (non-hydrogen) atoms. The number of hydrogen-bond donors (Lipinski definition) is 1. The van der Waals surface area contributed by atoms with Gasteiger partial charge in [0.25, 0.3) is 0 Å². The van der Waals surface area contributed by atoms with E-state index in [2.05, 4.69) is 4.74 Å². The average molecular weight is 207 g/mol. The minimum absolute atomic E-state index is 0.0339. The van der Waals surface area contributed by atoms with Crippen molar-refractivity contribution in [3.05, 3.63) is 23.3 Å². The molecule has 0 spiro atoms. The molecule has 0 heterocycles. The zero-order chi connectivity index (χ0) is 11.4. The highest BCUT2D eigenvalue weighted by molar-refractivity contribution is 5.93. The Balaban J connectivity index is 3.33. The van der Waals surface area contributed by atoms with Gasteiger partial charge in [0.1, 0.15) is 23.1 Å². The summed E-state index contributed by atoms with van der Waals surface area (Å²) in [4.78, 5) is 11.2. The Morgan fingerprint density at radius 1 is 1.47 bits per heavy atom. The number of ether oxygens (including phenoxy) is 2. The minimum atomic E-state index is -0.685. The Bertz CT molecular complexity index is 434. The van der Waals surface area contributed by atoms with E-state index in [1.54, 1.807) is 0 Å². The normalized spacial score (nSPS) is 9.13. The lowest BCUT2D eigenvalue weighted by atomic mass is 10.1. The van der Waals surface area contributed by atoms with E-state index in [4.69, 9.17) is 10.00 Å². The third-order valence-corrected chi connectivity index (χ3v) is 1.84. The first kappa shape index (κ1) is 10.9. The second-order valence-corrected chi connectivity index (χ2v) is 2.67. The van der Waals surface area contributed by atoms with Crippen molar-refractivity contribution in [1.82, 2.24) is 0 Å². The first-order valence-corrected chi connectivity index (χ1v) is 4.03. The van der Waals surface area contributed by atoms with Crippen molar-refractivity contribution in [3.8, 4) is 17.6 Å². The quantitative estimate of drug-likeness (QED) is 0.733. The van der Waals surface area contributed by atoms with Gasteiger partial charge in [-0.1, -0.05) is 0 Å². The molecule has 1 aromatic rings. The second kappa shape index (κ2) is 4.33. The fourth-order valence-corrected chi connectivity index (χ4v) is 1.10. The van der Waals surface area contributed by atoms with Gasteiger partial charge < -0.3 is 14.6 Å². The Labute approximate surface area is 86.5 Å². The maximum Gasteiger partial charge on any atom is 0.341 e. The van der Waals surface area contributed by atoms with Crippen LogP contribution in [0.2, 0.25) is 0 Å². The van der Waals surface area contributed by atoms with Crippen LogP contribution in [0, 0.1) is 11.3 Å². The predicted octanol–water partition coefficient (Wildman–Crippen LogP) is 1.06. The lowest BCUT2D eigenvalue weighted by molar-refractivity contribution is 0.0597. The van der Waals surface area contributed by atoms with E-state index in [1.807, 2.05) is 6.07 Å². The molecule has 0 radical (unpaired) electrons. The Hall–Kier alpha value is -2.22. The number of hydrogen-bond acceptors (Lipinski definition) is 5. The highest BCUT2D eigenvalue weighted by atomic mass is 16.5. The van der Waals surface area contributed by atoms with E-state index in [0.29, 0.717) is 0 Å². The van der Waals surface area contributed by atoms with Crippen LogP contribution in [0.4, 0.5) is 0 Å². The topological polar surface area (TPSA) is 79.5 Å². The summed E-state index contributed by atoms with van der Waals surface area (Å²) in [6.45, 7) is 0. The number of aromatic hydroxyl groups is 1. The number of carbonyl (C=O) groups excluding carboxylic acids is 1. The van der Waals surface area contributed by atoms with Crippen LogP contribution in [-0.2, 0) is 4.74 Å². The van der Waals surface area contributed by atoms with Crippen LogP contribution in [0.1, 0.15) is 15.9 Å². The Kier molecular flexibility index (Phi) is 3.13. The monoisotopic (exact) mass is 207 g/mol. The molecule has 0 aliphatic heterocycles. The molecule has 0 saturated carbocycles. The van der Waals surface area contributed by atoms with Gasteiger partial charge in [-0.3, -0.25) is 0 Å². The Morgan fingerprint density at radius 3 is 2.60 bits per heavy atom. The zero-order valence-electron chi connectivity index (χ0n) is 8.27. The van der Waals surface area contributed by atoms with Gasteiger partial charge in [-0.05, 0) is 6.07 Å². The number of nitrogens with zero attached hydrogens (tertiary/aromatic N) is 1. The third kappa shape index (κ3) is 1.99. The van der Waals surface area contributed by atoms with Gasteiger partial charge >= 0.3 is 5.97 Å². The summed E-state index contributed by atoms with van der Waals surface area (Å²) >= 11 is 0. The van der Waals surface area contributed by atoms with Gasteiger partial charge in [-0.2, -0.15) is 5.26 Å². The van der Waals surface area contributed by atoms with E-state index < -0.39 is 5.97 Å². The van der Waals surface area contributed by atoms with Crippen molar-refractivity contribution in [2.75, 3.05) is 14.2 Å². The molecule has 1 N–H and O–H groups in total. The van der Waals surface area contributed by atoms with E-state index in [9.17, 15) is 9.90 Å². The number of esters is 1. The predicted molar refractivity (Wildman–Crippen MR) is 50.7 cm³/mol. The smallest absolute Gasteiger partial charge is 0.341 e. The molecule has 0 unspecified atom stereocenters. The van der Waals surface area contributed by atoms with Gasteiger partial charge in [-0.25, -0.2) is 4.79 Å². The van der Waals surface area contributed by atoms with Crippen LogP contribution < -0.4 is 4.74 Å². The van der Waals surface area contributed by atoms with Crippen molar-refractivity contribution >= 4 is 5.97 Å². The fourth-order valence-electron chi connectivity index (χ4n) is 1.10. The van der Waals surface area contributed by atoms with E-state index in [1.165, 1.54) is 20.3 Å². The molecule has 0 aliphatic rings. The summed E-state index contributed by atoms with van der Waals surface area (Å²) in [6, 6.07) is 4.26. The van der Waals surface area contributed by atoms with Gasteiger partial charge in [0, 0.05) is 6.07 Å². The molecule has 1 rings (SSSR count). The largest absolute Gasteiger partial charge is 0.507 e. The van der Waals surface area contributed by atoms with E-state index in [-0.39, 0.29) is 22.6 Å². The standard InChI is InChI=1S/C10H9NO4/c1-14-9-4-7(10(13)15-2)8(12)3-6(9)5-11/h3-4,12H,1-2H3. The molecule has 0 saturated heterocycles. The van der Waals surface area contributed by atoms with E-state index in [0.717, 1.165) is 6.07 Å². The number of methoxy groups -OCH3 is 2. The summed E-state index contributed by atoms with van der Waals surface area (Å²) in [6.07, 6.45) is 0. The van der Waals surface area contributed by atoms with Crippen LogP contribution in [0.3, 0.4) is 0 Å². The highest BCUT2D eigenvalue weighted by Gasteiger charge is 2.15. The van der Waals surface area contributed by atoms with Crippen LogP contribution in [0.25, 0.3) is 0 Å². The summed E-state index contributed by atoms with van der Waals surface area (Å²) in [7, 11) is 2.57. The molecular formula is C10H9NO4. The molecule has 0 bridgehead atoms. The first-order valence-electron chi connectivity index (χ1n) is 4.03. The summed E-state index contributed by atoms with van der Waals surface area (Å²) in [5.74, 6) is -0.773. The number of phenolic OH excluding ortho intramolecular Hbond substituents is 1. The van der Waals surface area contributed by atoms with Crippen LogP contribution >= 0.6 is 0 Å². The second-order valence-electron chi connectivity index (χ2n) is 2.67. The number of carbonyl (C=O) groups is 1.